The molecule has 1 heterocycles. The van der Waals surface area contributed by atoms with E-state index in [1.807, 2.05) is 0 Å². The van der Waals surface area contributed by atoms with E-state index in [4.69, 9.17) is 0 Å². The van der Waals surface area contributed by atoms with Gasteiger partial charge in [-0.15, -0.1) is 0 Å². The highest BCUT2D eigenvalue weighted by Crippen LogP contribution is 2.29. The smallest absolute Gasteiger partial charge is 0.159 e. The molecule has 0 aromatic carbocycles. The Balaban J connectivity index is 2.67. The molecule has 0 aliphatic carbocycles. The maximum absolute atomic E-state index is 9.61. The molecule has 1 atom stereocenters. The van der Waals surface area contributed by atoms with E-state index in [0.29, 0.717) is 13.0 Å². The lowest BCUT2D eigenvalue weighted by molar-refractivity contribution is -0.142. The highest BCUT2D eigenvalue weighted by molar-refractivity contribution is 4.94. The third-order valence-corrected chi connectivity index (χ3v) is 2.04. The van der Waals surface area contributed by atoms with Crippen molar-refractivity contribution in [1.82, 2.24) is 5.32 Å². The summed E-state index contributed by atoms with van der Waals surface area (Å²) < 4.78 is 0. The van der Waals surface area contributed by atoms with Gasteiger partial charge in [-0.2, -0.15) is 0 Å². The third kappa shape index (κ3) is 1.17. The summed E-state index contributed by atoms with van der Waals surface area (Å²) in [4.78, 5) is 0. The molecule has 0 aromatic heterocycles. The first-order chi connectivity index (χ1) is 4.46. The molecule has 0 saturated carbocycles. The molecule has 3 nitrogen and oxygen atoms in total. The number of hydrogen-bond donors (Lipinski definition) is 2. The molecule has 1 fully saturated rings. The highest BCUT2D eigenvalue weighted by Gasteiger charge is 2.45. The van der Waals surface area contributed by atoms with E-state index in [9.17, 15) is 10.2 Å². The summed E-state index contributed by atoms with van der Waals surface area (Å²) in [6, 6.07) is 0. The maximum Gasteiger partial charge on any atom is 0.159 e. The Kier molecular flexibility index (Phi) is 1.75. The third-order valence-electron chi connectivity index (χ3n) is 2.04. The summed E-state index contributed by atoms with van der Waals surface area (Å²) in [6.07, 6.45) is 1.46. The van der Waals surface area contributed by atoms with E-state index >= 15 is 0 Å². The van der Waals surface area contributed by atoms with Gasteiger partial charge in [0.2, 0.25) is 0 Å². The molecule has 1 aliphatic heterocycles. The van der Waals surface area contributed by atoms with Crippen LogP contribution in [-0.2, 0) is 0 Å². The van der Waals surface area contributed by atoms with Crippen molar-refractivity contribution < 1.29 is 10.2 Å². The second-order valence-electron chi connectivity index (χ2n) is 3.36. The molecule has 0 amide bonds. The second kappa shape index (κ2) is 2.19. The molecular weight excluding hydrogens is 130 g/mol. The van der Waals surface area contributed by atoms with Crippen molar-refractivity contribution in [3.05, 3.63) is 0 Å². The van der Waals surface area contributed by atoms with Crippen molar-refractivity contribution in [3.63, 3.8) is 0 Å². The fraction of sp³-hybridized carbons (Fsp3) is 1.00. The SMILES string of the molecule is CC(C)(O)C1(O)CCC[N]1. The molecule has 1 unspecified atom stereocenters. The van der Waals surface area contributed by atoms with Crippen LogP contribution in [0.25, 0.3) is 0 Å². The largest absolute Gasteiger partial charge is 0.386 e. The second-order valence-corrected chi connectivity index (χ2v) is 3.36. The minimum Gasteiger partial charge on any atom is -0.386 e. The summed E-state index contributed by atoms with van der Waals surface area (Å²) >= 11 is 0. The van der Waals surface area contributed by atoms with Gasteiger partial charge < -0.3 is 10.2 Å². The van der Waals surface area contributed by atoms with Crippen molar-refractivity contribution in [2.75, 3.05) is 6.54 Å². The molecule has 3 heteroatoms. The maximum atomic E-state index is 9.61. The molecule has 0 aromatic rings. The molecule has 1 radical (unpaired) electrons. The van der Waals surface area contributed by atoms with E-state index in [-0.39, 0.29) is 0 Å². The van der Waals surface area contributed by atoms with Crippen molar-refractivity contribution in [1.29, 1.82) is 0 Å². The first kappa shape index (κ1) is 7.98. The van der Waals surface area contributed by atoms with Crippen LogP contribution < -0.4 is 5.32 Å². The molecule has 59 valence electrons. The molecule has 0 spiro atoms. The Morgan fingerprint density at radius 3 is 2.30 bits per heavy atom. The summed E-state index contributed by atoms with van der Waals surface area (Å²) in [5, 5.41) is 23.0. The van der Waals surface area contributed by atoms with Gasteiger partial charge in [-0.25, -0.2) is 5.32 Å². The van der Waals surface area contributed by atoms with Crippen LogP contribution in [0, 0.1) is 0 Å². The van der Waals surface area contributed by atoms with E-state index in [1.165, 1.54) is 0 Å². The van der Waals surface area contributed by atoms with Crippen molar-refractivity contribution in [3.8, 4) is 0 Å². The first-order valence-corrected chi connectivity index (χ1v) is 3.59. The molecule has 0 bridgehead atoms. The molecule has 1 saturated heterocycles. The summed E-state index contributed by atoms with van der Waals surface area (Å²) in [7, 11) is 0. The highest BCUT2D eigenvalue weighted by atomic mass is 16.4. The normalized spacial score (nSPS) is 34.8. The van der Waals surface area contributed by atoms with E-state index in [2.05, 4.69) is 5.32 Å². The van der Waals surface area contributed by atoms with E-state index < -0.39 is 11.3 Å². The fourth-order valence-electron chi connectivity index (χ4n) is 1.17. The van der Waals surface area contributed by atoms with Gasteiger partial charge >= 0.3 is 0 Å². The van der Waals surface area contributed by atoms with Crippen LogP contribution >= 0.6 is 0 Å². The van der Waals surface area contributed by atoms with Gasteiger partial charge in [0, 0.05) is 6.54 Å². The lowest BCUT2D eigenvalue weighted by atomic mass is 9.93. The van der Waals surface area contributed by atoms with Gasteiger partial charge in [0.1, 0.15) is 5.60 Å². The lowest BCUT2D eigenvalue weighted by Gasteiger charge is -2.33. The predicted octanol–water partition coefficient (Wildman–Crippen LogP) is -0.156. The Hall–Kier alpha value is -0.120. The van der Waals surface area contributed by atoms with Crippen LogP contribution in [0.2, 0.25) is 0 Å². The van der Waals surface area contributed by atoms with Crippen molar-refractivity contribution in [2.24, 2.45) is 0 Å². The van der Waals surface area contributed by atoms with Gasteiger partial charge in [0.05, 0.1) is 0 Å². The molecular formula is C7H14NO2. The zero-order chi connectivity index (χ0) is 7.83. The van der Waals surface area contributed by atoms with Crippen LogP contribution in [-0.4, -0.2) is 28.1 Å². The molecule has 1 rings (SSSR count). The van der Waals surface area contributed by atoms with Crippen LogP contribution in [0.4, 0.5) is 0 Å². The molecule has 1 aliphatic rings. The van der Waals surface area contributed by atoms with Crippen molar-refractivity contribution >= 4 is 0 Å². The van der Waals surface area contributed by atoms with Gasteiger partial charge in [-0.05, 0) is 26.7 Å². The molecule has 2 N–H and O–H groups in total. The summed E-state index contributed by atoms with van der Waals surface area (Å²) in [5.74, 6) is 0. The Labute approximate surface area is 61.1 Å². The number of hydrogen-bond acceptors (Lipinski definition) is 2. The van der Waals surface area contributed by atoms with Crippen molar-refractivity contribution in [2.45, 2.75) is 38.0 Å². The first-order valence-electron chi connectivity index (χ1n) is 3.59. The minimum atomic E-state index is -1.19. The fourth-order valence-corrected chi connectivity index (χ4v) is 1.17. The zero-order valence-electron chi connectivity index (χ0n) is 6.46. The minimum absolute atomic E-state index is 0.580. The number of nitrogens with zero attached hydrogens (tertiary/aromatic N) is 1. The molecule has 10 heavy (non-hydrogen) atoms. The Morgan fingerprint density at radius 2 is 2.10 bits per heavy atom. The average Bonchev–Trinajstić information content (AvgIpc) is 2.13. The van der Waals surface area contributed by atoms with Gasteiger partial charge in [-0.1, -0.05) is 0 Å². The monoisotopic (exact) mass is 144 g/mol. The van der Waals surface area contributed by atoms with Gasteiger partial charge in [0.15, 0.2) is 5.72 Å². The predicted molar refractivity (Wildman–Crippen MR) is 37.5 cm³/mol. The standard InChI is InChI=1S/C7H14NO2/c1-6(2,9)7(10)4-3-5-8-7/h9-10H,3-5H2,1-2H3. The van der Waals surface area contributed by atoms with E-state index in [1.54, 1.807) is 13.8 Å². The topological polar surface area (TPSA) is 54.6 Å². The number of rotatable bonds is 1. The van der Waals surface area contributed by atoms with Gasteiger partial charge in [-0.3, -0.25) is 0 Å². The van der Waals surface area contributed by atoms with Crippen LogP contribution in [0.1, 0.15) is 26.7 Å². The van der Waals surface area contributed by atoms with Crippen LogP contribution in [0.3, 0.4) is 0 Å². The number of aliphatic hydroxyl groups is 2. The van der Waals surface area contributed by atoms with Crippen LogP contribution in [0.15, 0.2) is 0 Å². The summed E-state index contributed by atoms with van der Waals surface area (Å²) in [6.45, 7) is 3.84. The summed E-state index contributed by atoms with van der Waals surface area (Å²) in [5.41, 5.74) is -2.28. The van der Waals surface area contributed by atoms with E-state index in [0.717, 1.165) is 6.42 Å². The Bertz CT molecular complexity index is 122. The van der Waals surface area contributed by atoms with Crippen LogP contribution in [0.5, 0.6) is 0 Å². The zero-order valence-corrected chi connectivity index (χ0v) is 6.46. The van der Waals surface area contributed by atoms with Gasteiger partial charge in [0.25, 0.3) is 0 Å². The average molecular weight is 144 g/mol. The Morgan fingerprint density at radius 1 is 1.50 bits per heavy atom. The quantitative estimate of drug-likeness (QED) is 0.537. The lowest BCUT2D eigenvalue weighted by Crippen LogP contribution is -2.53.